The lowest BCUT2D eigenvalue weighted by Crippen LogP contribution is -2.27. The van der Waals surface area contributed by atoms with Gasteiger partial charge in [-0.1, -0.05) is 0 Å². The first-order valence-electron chi connectivity index (χ1n) is 4.81. The van der Waals surface area contributed by atoms with Gasteiger partial charge in [0.2, 0.25) is 0 Å². The van der Waals surface area contributed by atoms with Gasteiger partial charge in [-0.05, 0) is 30.2 Å². The molecule has 1 aromatic rings. The first-order valence-corrected chi connectivity index (χ1v) is 4.81. The van der Waals surface area contributed by atoms with Crippen LogP contribution in [0, 0.1) is 11.3 Å². The van der Waals surface area contributed by atoms with E-state index >= 15 is 0 Å². The van der Waals surface area contributed by atoms with E-state index in [0.29, 0.717) is 6.42 Å². The molecule has 2 rings (SSSR count). The summed E-state index contributed by atoms with van der Waals surface area (Å²) in [6.45, 7) is 2.04. The van der Waals surface area contributed by atoms with E-state index < -0.39 is 0 Å². The quantitative estimate of drug-likeness (QED) is 0.661. The minimum absolute atomic E-state index is 0.486. The van der Waals surface area contributed by atoms with Crippen molar-refractivity contribution in [2.24, 2.45) is 0 Å². The number of fused-ring (bicyclic) bond motifs is 1. The third-order valence-corrected chi connectivity index (χ3v) is 2.69. The van der Waals surface area contributed by atoms with Crippen molar-refractivity contribution in [3.63, 3.8) is 0 Å². The van der Waals surface area contributed by atoms with E-state index in [9.17, 15) is 0 Å². The van der Waals surface area contributed by atoms with Crippen molar-refractivity contribution < 1.29 is 0 Å². The minimum atomic E-state index is 0.486. The van der Waals surface area contributed by atoms with Gasteiger partial charge >= 0.3 is 0 Å². The van der Waals surface area contributed by atoms with Crippen molar-refractivity contribution in [3.8, 4) is 6.07 Å². The van der Waals surface area contributed by atoms with E-state index in [1.165, 1.54) is 11.1 Å². The molecule has 0 aliphatic carbocycles. The molecular formula is C11H13N3. The molecule has 3 heteroatoms. The highest BCUT2D eigenvalue weighted by molar-refractivity contribution is 5.35. The number of hydrogen-bond acceptors (Lipinski definition) is 3. The second-order valence-electron chi connectivity index (χ2n) is 3.76. The molecule has 0 amide bonds. The Morgan fingerprint density at radius 1 is 1.57 bits per heavy atom. The molecule has 14 heavy (non-hydrogen) atoms. The van der Waals surface area contributed by atoms with Crippen LogP contribution in [0.4, 0.5) is 0 Å². The molecule has 3 nitrogen and oxygen atoms in total. The van der Waals surface area contributed by atoms with Gasteiger partial charge in [-0.15, -0.1) is 0 Å². The first-order chi connectivity index (χ1) is 6.81. The topological polar surface area (TPSA) is 39.9 Å². The Balaban J connectivity index is 2.37. The summed E-state index contributed by atoms with van der Waals surface area (Å²) in [5.41, 5.74) is 3.74. The SMILES string of the molecule is CN1CCc2c(CC#N)cncc2C1. The number of hydrogen-bond donors (Lipinski definition) is 0. The zero-order valence-electron chi connectivity index (χ0n) is 8.32. The average Bonchev–Trinajstić information content (AvgIpc) is 2.18. The lowest BCUT2D eigenvalue weighted by molar-refractivity contribution is 0.311. The molecule has 0 bridgehead atoms. The molecule has 1 aliphatic heterocycles. The Kier molecular flexibility index (Phi) is 2.47. The largest absolute Gasteiger partial charge is 0.302 e. The molecular weight excluding hydrogens is 174 g/mol. The van der Waals surface area contributed by atoms with E-state index in [4.69, 9.17) is 5.26 Å². The van der Waals surface area contributed by atoms with Gasteiger partial charge in [0.1, 0.15) is 0 Å². The molecule has 72 valence electrons. The molecule has 0 saturated heterocycles. The zero-order chi connectivity index (χ0) is 9.97. The van der Waals surface area contributed by atoms with Gasteiger partial charge in [0, 0.05) is 25.5 Å². The highest BCUT2D eigenvalue weighted by Crippen LogP contribution is 2.20. The Bertz CT molecular complexity index is 379. The lowest BCUT2D eigenvalue weighted by Gasteiger charge is -2.25. The molecule has 0 aromatic carbocycles. The van der Waals surface area contributed by atoms with Crippen LogP contribution in [0.1, 0.15) is 16.7 Å². The van der Waals surface area contributed by atoms with Crippen molar-refractivity contribution in [2.75, 3.05) is 13.6 Å². The second kappa shape index (κ2) is 3.77. The Morgan fingerprint density at radius 3 is 3.21 bits per heavy atom. The summed E-state index contributed by atoms with van der Waals surface area (Å²) in [7, 11) is 2.11. The van der Waals surface area contributed by atoms with Crippen LogP contribution in [0.2, 0.25) is 0 Å². The molecule has 2 heterocycles. The van der Waals surface area contributed by atoms with Crippen LogP contribution in [0.5, 0.6) is 0 Å². The van der Waals surface area contributed by atoms with E-state index in [0.717, 1.165) is 25.1 Å². The predicted octanol–water partition coefficient (Wildman–Crippen LogP) is 1.14. The maximum Gasteiger partial charge on any atom is 0.0670 e. The Labute approximate surface area is 84.0 Å². The Hall–Kier alpha value is -1.40. The molecule has 0 radical (unpaired) electrons. The smallest absolute Gasteiger partial charge is 0.0670 e. The summed E-state index contributed by atoms with van der Waals surface area (Å²) in [6.07, 6.45) is 5.28. The number of nitrogens with zero attached hydrogens (tertiary/aromatic N) is 3. The third kappa shape index (κ3) is 1.61. The normalized spacial score (nSPS) is 16.0. The van der Waals surface area contributed by atoms with Gasteiger partial charge in [0.15, 0.2) is 0 Å². The maximum atomic E-state index is 8.69. The first kappa shape index (κ1) is 9.17. The molecule has 0 atom stereocenters. The lowest BCUT2D eigenvalue weighted by atomic mass is 9.96. The van der Waals surface area contributed by atoms with Gasteiger partial charge < -0.3 is 4.90 Å². The number of nitriles is 1. The Morgan fingerprint density at radius 2 is 2.43 bits per heavy atom. The fourth-order valence-corrected chi connectivity index (χ4v) is 1.95. The van der Waals surface area contributed by atoms with Crippen LogP contribution in [0.15, 0.2) is 12.4 Å². The van der Waals surface area contributed by atoms with Crippen LogP contribution in [0.3, 0.4) is 0 Å². The van der Waals surface area contributed by atoms with Crippen molar-refractivity contribution in [3.05, 3.63) is 29.1 Å². The van der Waals surface area contributed by atoms with Crippen molar-refractivity contribution in [1.29, 1.82) is 5.26 Å². The average molecular weight is 187 g/mol. The standard InChI is InChI=1S/C11H13N3/c1-14-5-3-11-9(2-4-12)6-13-7-10(11)8-14/h6-7H,2-3,5,8H2,1H3. The van der Waals surface area contributed by atoms with Crippen molar-refractivity contribution >= 4 is 0 Å². The van der Waals surface area contributed by atoms with Gasteiger partial charge in [0.05, 0.1) is 12.5 Å². The highest BCUT2D eigenvalue weighted by Gasteiger charge is 2.15. The molecule has 1 aromatic heterocycles. The molecule has 0 spiro atoms. The summed E-state index contributed by atoms with van der Waals surface area (Å²) in [5, 5.41) is 8.69. The van der Waals surface area contributed by atoms with Gasteiger partial charge in [-0.3, -0.25) is 4.98 Å². The number of aromatic nitrogens is 1. The highest BCUT2D eigenvalue weighted by atomic mass is 15.1. The fourth-order valence-electron chi connectivity index (χ4n) is 1.95. The van der Waals surface area contributed by atoms with Crippen LogP contribution in [-0.2, 0) is 19.4 Å². The van der Waals surface area contributed by atoms with Gasteiger partial charge in [-0.25, -0.2) is 0 Å². The molecule has 1 aliphatic rings. The predicted molar refractivity (Wildman–Crippen MR) is 53.6 cm³/mol. The van der Waals surface area contributed by atoms with E-state index in [1.807, 2.05) is 12.4 Å². The molecule has 0 unspecified atom stereocenters. The van der Waals surface area contributed by atoms with Crippen LogP contribution < -0.4 is 0 Å². The van der Waals surface area contributed by atoms with Crippen LogP contribution in [0.25, 0.3) is 0 Å². The van der Waals surface area contributed by atoms with Gasteiger partial charge in [-0.2, -0.15) is 5.26 Å². The second-order valence-corrected chi connectivity index (χ2v) is 3.76. The summed E-state index contributed by atoms with van der Waals surface area (Å²) in [4.78, 5) is 6.45. The summed E-state index contributed by atoms with van der Waals surface area (Å²) < 4.78 is 0. The number of pyridine rings is 1. The maximum absolute atomic E-state index is 8.69. The van der Waals surface area contributed by atoms with E-state index in [-0.39, 0.29) is 0 Å². The van der Waals surface area contributed by atoms with Crippen molar-refractivity contribution in [2.45, 2.75) is 19.4 Å². The molecule has 0 saturated carbocycles. The number of rotatable bonds is 1. The molecule has 0 N–H and O–H groups in total. The molecule has 0 fully saturated rings. The van der Waals surface area contributed by atoms with Crippen LogP contribution in [-0.4, -0.2) is 23.5 Å². The summed E-state index contributed by atoms with van der Waals surface area (Å²) >= 11 is 0. The number of likely N-dealkylation sites (N-methyl/N-ethyl adjacent to an activating group) is 1. The monoisotopic (exact) mass is 187 g/mol. The van der Waals surface area contributed by atoms with Crippen molar-refractivity contribution in [1.82, 2.24) is 9.88 Å². The fraction of sp³-hybridized carbons (Fsp3) is 0.455. The van der Waals surface area contributed by atoms with E-state index in [1.54, 1.807) is 0 Å². The van der Waals surface area contributed by atoms with Crippen LogP contribution >= 0.6 is 0 Å². The van der Waals surface area contributed by atoms with E-state index in [2.05, 4.69) is 23.0 Å². The zero-order valence-corrected chi connectivity index (χ0v) is 8.32. The van der Waals surface area contributed by atoms with Gasteiger partial charge in [0.25, 0.3) is 0 Å². The summed E-state index contributed by atoms with van der Waals surface area (Å²) in [5.74, 6) is 0. The third-order valence-electron chi connectivity index (χ3n) is 2.69. The summed E-state index contributed by atoms with van der Waals surface area (Å²) in [6, 6.07) is 2.19. The minimum Gasteiger partial charge on any atom is -0.302 e.